The lowest BCUT2D eigenvalue weighted by molar-refractivity contribution is -0.138. The number of benzene rings is 2. The van der Waals surface area contributed by atoms with Crippen LogP contribution in [0.3, 0.4) is 0 Å². The molecular weight excluding hydrogens is 330 g/mol. The van der Waals surface area contributed by atoms with E-state index in [9.17, 15) is 9.90 Å². The van der Waals surface area contributed by atoms with Crippen LogP contribution in [0.25, 0.3) is 0 Å². The summed E-state index contributed by atoms with van der Waals surface area (Å²) in [7, 11) is 0. The number of hydrogen-bond acceptors (Lipinski definition) is 2. The van der Waals surface area contributed by atoms with Crippen molar-refractivity contribution in [1.29, 1.82) is 0 Å². The van der Waals surface area contributed by atoms with E-state index in [1.807, 2.05) is 30.3 Å². The molecule has 98 valence electrons. The van der Waals surface area contributed by atoms with Gasteiger partial charge in [0.1, 0.15) is 0 Å². The van der Waals surface area contributed by atoms with Crippen molar-refractivity contribution in [1.82, 2.24) is 0 Å². The fourth-order valence-corrected chi connectivity index (χ4v) is 2.31. The largest absolute Gasteiger partial charge is 0.479 e. The van der Waals surface area contributed by atoms with Crippen LogP contribution < -0.4 is 5.32 Å². The molecule has 0 bridgehead atoms. The Morgan fingerprint density at radius 1 is 1.21 bits per heavy atom. The third-order valence-electron chi connectivity index (χ3n) is 2.60. The molecule has 1 atom stereocenters. The minimum Gasteiger partial charge on any atom is -0.479 e. The molecule has 0 saturated carbocycles. The second-order valence-corrected chi connectivity index (χ2v) is 5.27. The number of aliphatic carboxylic acids is 1. The summed E-state index contributed by atoms with van der Waals surface area (Å²) in [6, 6.07) is 13.4. The van der Waals surface area contributed by atoms with Crippen LogP contribution in [0, 0.1) is 0 Å². The van der Waals surface area contributed by atoms with Gasteiger partial charge in [0.25, 0.3) is 0 Å². The molecule has 2 rings (SSSR count). The Bertz CT molecular complexity index is 589. The molecular formula is C14H11BrClNO2. The van der Waals surface area contributed by atoms with E-state index in [2.05, 4.69) is 21.2 Å². The van der Waals surface area contributed by atoms with Crippen LogP contribution in [0.15, 0.2) is 53.0 Å². The van der Waals surface area contributed by atoms with Gasteiger partial charge in [0.2, 0.25) is 0 Å². The Hall–Kier alpha value is -1.52. The normalized spacial score (nSPS) is 11.9. The second kappa shape index (κ2) is 6.08. The number of nitrogens with one attached hydrogen (secondary N) is 1. The Morgan fingerprint density at radius 2 is 1.89 bits per heavy atom. The number of carboxylic acid groups (broad SMARTS) is 1. The number of carboxylic acids is 1. The fraction of sp³-hybridized carbons (Fsp3) is 0.0714. The summed E-state index contributed by atoms with van der Waals surface area (Å²) in [5, 5.41) is 12.7. The lowest BCUT2D eigenvalue weighted by Gasteiger charge is -2.17. The molecule has 3 nitrogen and oxygen atoms in total. The Kier molecular flexibility index (Phi) is 4.45. The average molecular weight is 341 g/mol. The van der Waals surface area contributed by atoms with Gasteiger partial charge < -0.3 is 10.4 Å². The summed E-state index contributed by atoms with van der Waals surface area (Å²) in [6.07, 6.45) is 0. The van der Waals surface area contributed by atoms with Crippen LogP contribution >= 0.6 is 27.5 Å². The fourth-order valence-electron chi connectivity index (χ4n) is 1.71. The molecule has 2 aromatic rings. The number of rotatable bonds is 4. The van der Waals surface area contributed by atoms with Crippen molar-refractivity contribution >= 4 is 39.2 Å². The minimum absolute atomic E-state index is 0.416. The summed E-state index contributed by atoms with van der Waals surface area (Å²) in [5.74, 6) is -0.983. The van der Waals surface area contributed by atoms with Crippen molar-refractivity contribution in [3.63, 3.8) is 0 Å². The smallest absolute Gasteiger partial charge is 0.330 e. The molecule has 0 heterocycles. The topological polar surface area (TPSA) is 49.3 Å². The number of carbonyl (C=O) groups is 1. The van der Waals surface area contributed by atoms with E-state index in [0.717, 1.165) is 10.2 Å². The molecule has 5 heteroatoms. The van der Waals surface area contributed by atoms with Gasteiger partial charge in [0, 0.05) is 20.7 Å². The third kappa shape index (κ3) is 3.49. The summed E-state index contributed by atoms with van der Waals surface area (Å²) in [5.41, 5.74) is 1.25. The summed E-state index contributed by atoms with van der Waals surface area (Å²) in [4.78, 5) is 11.4. The molecule has 0 aliphatic heterocycles. The molecule has 0 aromatic heterocycles. The average Bonchev–Trinajstić information content (AvgIpc) is 2.40. The maximum absolute atomic E-state index is 11.4. The van der Waals surface area contributed by atoms with E-state index >= 15 is 0 Å². The van der Waals surface area contributed by atoms with E-state index in [-0.39, 0.29) is 0 Å². The third-order valence-corrected chi connectivity index (χ3v) is 3.44. The highest BCUT2D eigenvalue weighted by molar-refractivity contribution is 9.10. The molecule has 0 amide bonds. The molecule has 0 aliphatic rings. The SMILES string of the molecule is O=C(O)C(Nc1ccccc1)c1cc(Br)ccc1Cl. The van der Waals surface area contributed by atoms with E-state index < -0.39 is 12.0 Å². The standard InChI is InChI=1S/C14H11BrClNO2/c15-9-6-7-12(16)11(8-9)13(14(18)19)17-10-4-2-1-3-5-10/h1-8,13,17H,(H,18,19). The molecule has 2 N–H and O–H groups in total. The van der Waals surface area contributed by atoms with Crippen molar-refractivity contribution in [3.05, 3.63) is 63.6 Å². The van der Waals surface area contributed by atoms with Gasteiger partial charge >= 0.3 is 5.97 Å². The van der Waals surface area contributed by atoms with Gasteiger partial charge in [0.05, 0.1) is 0 Å². The lowest BCUT2D eigenvalue weighted by Crippen LogP contribution is -2.20. The van der Waals surface area contributed by atoms with Gasteiger partial charge in [-0.2, -0.15) is 0 Å². The maximum atomic E-state index is 11.4. The monoisotopic (exact) mass is 339 g/mol. The first-order valence-electron chi connectivity index (χ1n) is 5.57. The first kappa shape index (κ1) is 13.9. The second-order valence-electron chi connectivity index (χ2n) is 3.95. The lowest BCUT2D eigenvalue weighted by atomic mass is 10.1. The minimum atomic E-state index is -0.983. The van der Waals surface area contributed by atoms with Crippen LogP contribution in [0.5, 0.6) is 0 Å². The zero-order valence-corrected chi connectivity index (χ0v) is 12.1. The van der Waals surface area contributed by atoms with E-state index in [1.165, 1.54) is 0 Å². The highest BCUT2D eigenvalue weighted by atomic mass is 79.9. The van der Waals surface area contributed by atoms with Crippen LogP contribution in [0.1, 0.15) is 11.6 Å². The summed E-state index contributed by atoms with van der Waals surface area (Å²) in [6.45, 7) is 0. The first-order chi connectivity index (χ1) is 9.08. The molecule has 2 aromatic carbocycles. The van der Waals surface area contributed by atoms with Gasteiger partial charge in [-0.3, -0.25) is 0 Å². The number of halogens is 2. The number of anilines is 1. The Balaban J connectivity index is 2.35. The molecule has 0 spiro atoms. The molecule has 0 saturated heterocycles. The van der Waals surface area contributed by atoms with Gasteiger partial charge in [-0.05, 0) is 30.3 Å². The van der Waals surface area contributed by atoms with Gasteiger partial charge in [-0.25, -0.2) is 4.79 Å². The number of hydrogen-bond donors (Lipinski definition) is 2. The maximum Gasteiger partial charge on any atom is 0.330 e. The predicted molar refractivity (Wildman–Crippen MR) is 79.6 cm³/mol. The quantitative estimate of drug-likeness (QED) is 0.870. The summed E-state index contributed by atoms with van der Waals surface area (Å²) < 4.78 is 0.785. The van der Waals surface area contributed by atoms with Crippen LogP contribution in [0.2, 0.25) is 5.02 Å². The molecule has 0 fully saturated rings. The van der Waals surface area contributed by atoms with Gasteiger partial charge in [-0.15, -0.1) is 0 Å². The van der Waals surface area contributed by atoms with Crippen molar-refractivity contribution in [2.45, 2.75) is 6.04 Å². The zero-order chi connectivity index (χ0) is 13.8. The van der Waals surface area contributed by atoms with E-state index in [1.54, 1.807) is 18.2 Å². The molecule has 19 heavy (non-hydrogen) atoms. The molecule has 0 aliphatic carbocycles. The van der Waals surface area contributed by atoms with Gasteiger partial charge in [0.15, 0.2) is 6.04 Å². The van der Waals surface area contributed by atoms with Crippen LogP contribution in [0.4, 0.5) is 5.69 Å². The Morgan fingerprint density at radius 3 is 2.53 bits per heavy atom. The van der Waals surface area contributed by atoms with E-state index in [0.29, 0.717) is 10.6 Å². The van der Waals surface area contributed by atoms with Crippen molar-refractivity contribution in [2.75, 3.05) is 5.32 Å². The Labute approximate surface area is 124 Å². The van der Waals surface area contributed by atoms with E-state index in [4.69, 9.17) is 11.6 Å². The van der Waals surface area contributed by atoms with Crippen molar-refractivity contribution < 1.29 is 9.90 Å². The number of para-hydroxylation sites is 1. The molecule has 1 unspecified atom stereocenters. The molecule has 0 radical (unpaired) electrons. The highest BCUT2D eigenvalue weighted by Gasteiger charge is 2.22. The first-order valence-corrected chi connectivity index (χ1v) is 6.74. The highest BCUT2D eigenvalue weighted by Crippen LogP contribution is 2.29. The zero-order valence-electron chi connectivity index (χ0n) is 9.81. The van der Waals surface area contributed by atoms with Crippen molar-refractivity contribution in [2.24, 2.45) is 0 Å². The summed E-state index contributed by atoms with van der Waals surface area (Å²) >= 11 is 9.40. The van der Waals surface area contributed by atoms with Gasteiger partial charge in [-0.1, -0.05) is 45.7 Å². The van der Waals surface area contributed by atoms with Crippen molar-refractivity contribution in [3.8, 4) is 0 Å². The van der Waals surface area contributed by atoms with Crippen LogP contribution in [-0.2, 0) is 4.79 Å². The predicted octanol–water partition coefficient (Wildman–Crippen LogP) is 4.34. The van der Waals surface area contributed by atoms with Crippen LogP contribution in [-0.4, -0.2) is 11.1 Å².